The molecule has 0 amide bonds. The average Bonchev–Trinajstić information content (AvgIpc) is 2.30. The van der Waals surface area contributed by atoms with Gasteiger partial charge in [0.25, 0.3) is 5.56 Å². The van der Waals surface area contributed by atoms with Crippen molar-refractivity contribution in [2.75, 3.05) is 11.4 Å². The van der Waals surface area contributed by atoms with Crippen molar-refractivity contribution in [2.24, 2.45) is 0 Å². The number of anilines is 2. The van der Waals surface area contributed by atoms with E-state index in [2.05, 4.69) is 9.97 Å². The molecule has 88 valence electrons. The van der Waals surface area contributed by atoms with Crippen LogP contribution in [0.25, 0.3) is 0 Å². The lowest BCUT2D eigenvalue weighted by Gasteiger charge is -2.21. The second kappa shape index (κ2) is 4.82. The Labute approximate surface area is 99.9 Å². The minimum absolute atomic E-state index is 0.123. The van der Waals surface area contributed by atoms with E-state index >= 15 is 0 Å². The summed E-state index contributed by atoms with van der Waals surface area (Å²) in [5.74, 6) is 0.587. The molecule has 1 N–H and O–H groups in total. The predicted molar refractivity (Wildman–Crippen MR) is 68.7 cm³/mol. The third-order valence-corrected chi connectivity index (χ3v) is 2.50. The lowest BCUT2D eigenvalue weighted by atomic mass is 10.3. The fourth-order valence-corrected chi connectivity index (χ4v) is 1.75. The molecule has 0 bridgehead atoms. The summed E-state index contributed by atoms with van der Waals surface area (Å²) in [5.41, 5.74) is 1.61. The summed E-state index contributed by atoms with van der Waals surface area (Å²) in [7, 11) is 0. The lowest BCUT2D eigenvalue weighted by Crippen LogP contribution is -2.22. The van der Waals surface area contributed by atoms with Gasteiger partial charge in [0.15, 0.2) is 0 Å². The van der Waals surface area contributed by atoms with Crippen molar-refractivity contribution in [2.45, 2.75) is 13.8 Å². The van der Waals surface area contributed by atoms with Crippen molar-refractivity contribution < 1.29 is 0 Å². The van der Waals surface area contributed by atoms with Crippen LogP contribution in [0.5, 0.6) is 0 Å². The molecule has 1 aromatic carbocycles. The topological polar surface area (TPSA) is 49.0 Å². The van der Waals surface area contributed by atoms with E-state index in [4.69, 9.17) is 0 Å². The van der Waals surface area contributed by atoms with E-state index in [9.17, 15) is 4.79 Å². The van der Waals surface area contributed by atoms with Gasteiger partial charge in [0, 0.05) is 24.0 Å². The summed E-state index contributed by atoms with van der Waals surface area (Å²) in [4.78, 5) is 20.5. The molecule has 0 radical (unpaired) electrons. The quantitative estimate of drug-likeness (QED) is 0.878. The Kier molecular flexibility index (Phi) is 3.23. The maximum atomic E-state index is 11.4. The molecule has 4 nitrogen and oxygen atoms in total. The first-order valence-corrected chi connectivity index (χ1v) is 5.61. The van der Waals surface area contributed by atoms with E-state index in [1.54, 1.807) is 0 Å². The molecule has 2 aromatic rings. The molecular formula is C13H15N3O. The van der Waals surface area contributed by atoms with Crippen LogP contribution in [-0.2, 0) is 0 Å². The van der Waals surface area contributed by atoms with E-state index in [-0.39, 0.29) is 5.56 Å². The number of aromatic amines is 1. The second-order valence-electron chi connectivity index (χ2n) is 3.79. The van der Waals surface area contributed by atoms with Crippen LogP contribution in [-0.4, -0.2) is 16.5 Å². The van der Waals surface area contributed by atoms with Crippen LogP contribution in [0.15, 0.2) is 41.2 Å². The molecule has 4 heteroatoms. The maximum absolute atomic E-state index is 11.4. The maximum Gasteiger partial charge on any atom is 0.252 e. The first-order chi connectivity index (χ1) is 8.20. The van der Waals surface area contributed by atoms with Crippen molar-refractivity contribution in [1.82, 2.24) is 9.97 Å². The molecule has 0 aliphatic carbocycles. The monoisotopic (exact) mass is 229 g/mol. The lowest BCUT2D eigenvalue weighted by molar-refractivity contribution is 0.922. The van der Waals surface area contributed by atoms with Gasteiger partial charge in [-0.1, -0.05) is 18.2 Å². The van der Waals surface area contributed by atoms with Crippen LogP contribution in [0.4, 0.5) is 11.6 Å². The number of rotatable bonds is 3. The van der Waals surface area contributed by atoms with Crippen molar-refractivity contribution >= 4 is 11.6 Å². The van der Waals surface area contributed by atoms with Crippen molar-refractivity contribution in [3.8, 4) is 0 Å². The van der Waals surface area contributed by atoms with Gasteiger partial charge in [-0.15, -0.1) is 0 Å². The minimum Gasteiger partial charge on any atom is -0.312 e. The van der Waals surface area contributed by atoms with Gasteiger partial charge >= 0.3 is 0 Å². The van der Waals surface area contributed by atoms with Crippen molar-refractivity contribution in [1.29, 1.82) is 0 Å². The first kappa shape index (κ1) is 11.4. The molecule has 17 heavy (non-hydrogen) atoms. The molecule has 1 aromatic heterocycles. The second-order valence-corrected chi connectivity index (χ2v) is 3.79. The van der Waals surface area contributed by atoms with Crippen LogP contribution in [0.1, 0.15) is 12.6 Å². The Morgan fingerprint density at radius 1 is 1.29 bits per heavy atom. The summed E-state index contributed by atoms with van der Waals surface area (Å²) < 4.78 is 0. The van der Waals surface area contributed by atoms with Gasteiger partial charge in [-0.3, -0.25) is 9.78 Å². The zero-order valence-electron chi connectivity index (χ0n) is 9.97. The molecule has 0 atom stereocenters. The number of para-hydroxylation sites is 1. The van der Waals surface area contributed by atoms with Crippen LogP contribution < -0.4 is 10.5 Å². The Balaban J connectivity index is 2.46. The number of nitrogens with one attached hydrogen (secondary N) is 1. The average molecular weight is 229 g/mol. The first-order valence-electron chi connectivity index (χ1n) is 5.61. The molecule has 2 rings (SSSR count). The van der Waals surface area contributed by atoms with Crippen LogP contribution in [0.2, 0.25) is 0 Å². The number of benzene rings is 1. The number of hydrogen-bond donors (Lipinski definition) is 1. The van der Waals surface area contributed by atoms with Crippen LogP contribution in [0.3, 0.4) is 0 Å². The number of aromatic nitrogens is 2. The SMILES string of the molecule is CCN(c1ccccc1)c1nc(C)cc(=O)[nH]1. The Hall–Kier alpha value is -2.10. The van der Waals surface area contributed by atoms with Gasteiger partial charge < -0.3 is 4.90 Å². The van der Waals surface area contributed by atoms with Crippen LogP contribution >= 0.6 is 0 Å². The molecule has 0 fully saturated rings. The highest BCUT2D eigenvalue weighted by atomic mass is 16.1. The third-order valence-electron chi connectivity index (χ3n) is 2.50. The standard InChI is InChI=1S/C13H15N3O/c1-3-16(11-7-5-4-6-8-11)13-14-10(2)9-12(17)15-13/h4-9H,3H2,1-2H3,(H,14,15,17). The molecule has 0 saturated carbocycles. The van der Waals surface area contributed by atoms with Gasteiger partial charge in [-0.05, 0) is 26.0 Å². The molecule has 0 aliphatic rings. The van der Waals surface area contributed by atoms with Gasteiger partial charge in [0.2, 0.25) is 5.95 Å². The minimum atomic E-state index is -0.123. The Bertz CT molecular complexity index is 548. The van der Waals surface area contributed by atoms with E-state index in [0.29, 0.717) is 5.95 Å². The van der Waals surface area contributed by atoms with Gasteiger partial charge in [-0.25, -0.2) is 4.98 Å². The number of nitrogens with zero attached hydrogens (tertiary/aromatic N) is 2. The van der Waals surface area contributed by atoms with Crippen LogP contribution in [0, 0.1) is 6.92 Å². The summed E-state index contributed by atoms with van der Waals surface area (Å²) in [6, 6.07) is 11.4. The zero-order valence-corrected chi connectivity index (χ0v) is 9.97. The van der Waals surface area contributed by atoms with Crippen molar-refractivity contribution in [3.05, 3.63) is 52.4 Å². The van der Waals surface area contributed by atoms with Gasteiger partial charge in [0.1, 0.15) is 0 Å². The highest BCUT2D eigenvalue weighted by Crippen LogP contribution is 2.19. The highest BCUT2D eigenvalue weighted by molar-refractivity contribution is 5.56. The molecular weight excluding hydrogens is 214 g/mol. The van der Waals surface area contributed by atoms with E-state index < -0.39 is 0 Å². The zero-order chi connectivity index (χ0) is 12.3. The van der Waals surface area contributed by atoms with E-state index in [1.165, 1.54) is 6.07 Å². The summed E-state index contributed by atoms with van der Waals surface area (Å²) in [6.07, 6.45) is 0. The largest absolute Gasteiger partial charge is 0.312 e. The van der Waals surface area contributed by atoms with Gasteiger partial charge in [-0.2, -0.15) is 0 Å². The number of H-pyrrole nitrogens is 1. The third kappa shape index (κ3) is 2.53. The summed E-state index contributed by atoms with van der Waals surface area (Å²) >= 11 is 0. The Morgan fingerprint density at radius 3 is 2.59 bits per heavy atom. The van der Waals surface area contributed by atoms with E-state index in [0.717, 1.165) is 17.9 Å². The molecule has 0 spiro atoms. The van der Waals surface area contributed by atoms with Gasteiger partial charge in [0.05, 0.1) is 0 Å². The normalized spacial score (nSPS) is 10.2. The molecule has 0 saturated heterocycles. The number of aryl methyl sites for hydroxylation is 1. The molecule has 0 aliphatic heterocycles. The number of hydrogen-bond acceptors (Lipinski definition) is 3. The fourth-order valence-electron chi connectivity index (χ4n) is 1.75. The Morgan fingerprint density at radius 2 is 2.00 bits per heavy atom. The summed E-state index contributed by atoms with van der Waals surface area (Å²) in [5, 5.41) is 0. The fraction of sp³-hybridized carbons (Fsp3) is 0.231. The van der Waals surface area contributed by atoms with Crippen molar-refractivity contribution in [3.63, 3.8) is 0 Å². The molecule has 1 heterocycles. The smallest absolute Gasteiger partial charge is 0.252 e. The predicted octanol–water partition coefficient (Wildman–Crippen LogP) is 2.24. The molecule has 0 unspecified atom stereocenters. The van der Waals surface area contributed by atoms with E-state index in [1.807, 2.05) is 49.1 Å². The highest BCUT2D eigenvalue weighted by Gasteiger charge is 2.09. The summed E-state index contributed by atoms with van der Waals surface area (Å²) in [6.45, 7) is 4.59.